The van der Waals surface area contributed by atoms with E-state index in [1.165, 1.54) is 3.57 Å². The van der Waals surface area contributed by atoms with Crippen molar-refractivity contribution in [2.24, 2.45) is 0 Å². The van der Waals surface area contributed by atoms with Crippen molar-refractivity contribution in [2.45, 2.75) is 51.4 Å². The topological polar surface area (TPSA) is 115 Å². The Balaban J connectivity index is 0.000000157. The minimum atomic E-state index is 0.0555. The summed E-state index contributed by atoms with van der Waals surface area (Å²) in [7, 11) is 0. The van der Waals surface area contributed by atoms with Gasteiger partial charge >= 0.3 is 0 Å². The summed E-state index contributed by atoms with van der Waals surface area (Å²) in [6.07, 6.45) is 11.5. The zero-order valence-electron chi connectivity index (χ0n) is 30.5. The van der Waals surface area contributed by atoms with Crippen LogP contribution in [0.5, 0.6) is 0 Å². The predicted molar refractivity (Wildman–Crippen MR) is 214 cm³/mol. The van der Waals surface area contributed by atoms with E-state index < -0.39 is 0 Å². The highest BCUT2D eigenvalue weighted by molar-refractivity contribution is 14.1. The highest BCUT2D eigenvalue weighted by atomic mass is 127. The molecule has 0 aliphatic carbocycles. The first-order valence-electron chi connectivity index (χ1n) is 19.0. The second kappa shape index (κ2) is 19.4. The van der Waals surface area contributed by atoms with E-state index in [4.69, 9.17) is 9.47 Å². The number of rotatable bonds is 5. The van der Waals surface area contributed by atoms with Gasteiger partial charge in [0.05, 0.1) is 37.8 Å². The molecule has 6 heterocycles. The van der Waals surface area contributed by atoms with Crippen molar-refractivity contribution in [3.8, 4) is 0 Å². The Morgan fingerprint density at radius 3 is 1.43 bits per heavy atom. The fourth-order valence-electron chi connectivity index (χ4n) is 7.18. The molecule has 0 bridgehead atoms. The van der Waals surface area contributed by atoms with Gasteiger partial charge in [-0.15, -0.1) is 0 Å². The van der Waals surface area contributed by atoms with Gasteiger partial charge < -0.3 is 39.3 Å². The van der Waals surface area contributed by atoms with E-state index in [1.807, 2.05) is 69.3 Å². The third kappa shape index (κ3) is 10.4. The molecule has 2 aromatic carbocycles. The van der Waals surface area contributed by atoms with E-state index in [9.17, 15) is 19.2 Å². The summed E-state index contributed by atoms with van der Waals surface area (Å²) >= 11 is 2.27. The molecule has 6 aliphatic heterocycles. The molecular formula is C40H51IN6O6. The van der Waals surface area contributed by atoms with E-state index in [0.29, 0.717) is 39.4 Å². The maximum Gasteiger partial charge on any atom is 0.274 e. The van der Waals surface area contributed by atoms with E-state index in [1.54, 1.807) is 0 Å². The number of nitrogens with one attached hydrogen (secondary N) is 1. The van der Waals surface area contributed by atoms with E-state index >= 15 is 0 Å². The molecule has 0 saturated carbocycles. The largest absolute Gasteiger partial charge is 0.378 e. The maximum absolute atomic E-state index is 13.0. The second-order valence-corrected chi connectivity index (χ2v) is 14.9. The van der Waals surface area contributed by atoms with Gasteiger partial charge in [-0.05, 0) is 110 Å². The molecule has 2 aromatic rings. The number of ether oxygens (including phenoxy) is 2. The van der Waals surface area contributed by atoms with E-state index in [-0.39, 0.29) is 23.6 Å². The number of amides is 4. The lowest BCUT2D eigenvalue weighted by molar-refractivity contribution is -0.122. The number of hydrogen-bond acceptors (Lipinski definition) is 8. The smallest absolute Gasteiger partial charge is 0.274 e. The average molecular weight is 839 g/mol. The van der Waals surface area contributed by atoms with Gasteiger partial charge in [0.25, 0.3) is 11.8 Å². The Labute approximate surface area is 326 Å². The van der Waals surface area contributed by atoms with Crippen molar-refractivity contribution >= 4 is 63.3 Å². The Hall–Kier alpha value is -3.95. The van der Waals surface area contributed by atoms with Crippen LogP contribution in [0.25, 0.3) is 0 Å². The number of morpholine rings is 2. The Kier molecular flexibility index (Phi) is 14.2. The molecule has 0 radical (unpaired) electrons. The Morgan fingerprint density at radius 2 is 1.00 bits per heavy atom. The van der Waals surface area contributed by atoms with Crippen LogP contribution >= 0.6 is 22.6 Å². The van der Waals surface area contributed by atoms with Gasteiger partial charge in [0.2, 0.25) is 11.8 Å². The summed E-state index contributed by atoms with van der Waals surface area (Å²) in [5.41, 5.74) is 4.41. The first kappa shape index (κ1) is 38.8. The number of carbonyl (C=O) groups excluding carboxylic acids is 4. The molecule has 13 heteroatoms. The SMILES string of the molecule is O=C1C(N2CCOCC2)=CCCN1c1ccc(I)cc1.O=C1CCCCN1.O=C1CCCCN1c1ccc(N2CCC=C(N3CCOCC3)C2=O)cc1. The molecule has 6 aliphatic rings. The van der Waals surface area contributed by atoms with Gasteiger partial charge in [-0.3, -0.25) is 19.2 Å². The molecule has 284 valence electrons. The van der Waals surface area contributed by atoms with Gasteiger partial charge in [0, 0.05) is 85.8 Å². The molecule has 1 N–H and O–H groups in total. The monoisotopic (exact) mass is 838 g/mol. The van der Waals surface area contributed by atoms with Crippen LogP contribution in [-0.4, -0.2) is 112 Å². The number of halogens is 1. The number of anilines is 3. The third-order valence-corrected chi connectivity index (χ3v) is 10.8. The van der Waals surface area contributed by atoms with Gasteiger partial charge in [-0.25, -0.2) is 0 Å². The average Bonchev–Trinajstić information content (AvgIpc) is 3.20. The normalized spacial score (nSPS) is 21.1. The lowest BCUT2D eigenvalue weighted by Gasteiger charge is -2.35. The summed E-state index contributed by atoms with van der Waals surface area (Å²) in [5.74, 6) is 0.571. The number of hydrogen-bond donors (Lipinski definition) is 1. The highest BCUT2D eigenvalue weighted by Gasteiger charge is 2.30. The van der Waals surface area contributed by atoms with Crippen molar-refractivity contribution in [2.75, 3.05) is 93.5 Å². The van der Waals surface area contributed by atoms with E-state index in [2.05, 4.69) is 43.8 Å². The van der Waals surface area contributed by atoms with Gasteiger partial charge in [-0.1, -0.05) is 12.2 Å². The molecule has 12 nitrogen and oxygen atoms in total. The van der Waals surface area contributed by atoms with Gasteiger partial charge in [0.15, 0.2) is 0 Å². The minimum Gasteiger partial charge on any atom is -0.378 e. The van der Waals surface area contributed by atoms with Crippen LogP contribution in [0.15, 0.2) is 72.1 Å². The van der Waals surface area contributed by atoms with Gasteiger partial charge in [0.1, 0.15) is 0 Å². The van der Waals surface area contributed by atoms with Crippen LogP contribution in [0.3, 0.4) is 0 Å². The quantitative estimate of drug-likeness (QED) is 0.432. The van der Waals surface area contributed by atoms with Crippen molar-refractivity contribution < 1.29 is 28.7 Å². The Bertz CT molecular complexity index is 1630. The van der Waals surface area contributed by atoms with Gasteiger partial charge in [-0.2, -0.15) is 0 Å². The zero-order valence-corrected chi connectivity index (χ0v) is 32.6. The number of benzene rings is 2. The molecule has 8 rings (SSSR count). The van der Waals surface area contributed by atoms with Crippen molar-refractivity contribution in [3.05, 3.63) is 75.6 Å². The molecule has 0 atom stereocenters. The van der Waals surface area contributed by atoms with Crippen LogP contribution in [0.2, 0.25) is 0 Å². The maximum atomic E-state index is 13.0. The summed E-state index contributed by atoms with van der Waals surface area (Å²) in [6.45, 7) is 9.00. The predicted octanol–water partition coefficient (Wildman–Crippen LogP) is 4.69. The van der Waals surface area contributed by atoms with E-state index in [0.717, 1.165) is 119 Å². The third-order valence-electron chi connectivity index (χ3n) is 10.1. The van der Waals surface area contributed by atoms with Crippen LogP contribution in [0.1, 0.15) is 51.4 Å². The van der Waals surface area contributed by atoms with Crippen molar-refractivity contribution in [1.29, 1.82) is 0 Å². The molecule has 0 unspecified atom stereocenters. The van der Waals surface area contributed by atoms with Crippen LogP contribution < -0.4 is 20.0 Å². The second-order valence-electron chi connectivity index (χ2n) is 13.7. The highest BCUT2D eigenvalue weighted by Crippen LogP contribution is 2.28. The zero-order chi connectivity index (χ0) is 37.0. The number of piperidine rings is 2. The summed E-state index contributed by atoms with van der Waals surface area (Å²) in [6, 6.07) is 15.9. The number of carbonyl (C=O) groups is 4. The molecule has 53 heavy (non-hydrogen) atoms. The van der Waals surface area contributed by atoms with Crippen LogP contribution in [-0.2, 0) is 28.7 Å². The number of nitrogens with zero attached hydrogens (tertiary/aromatic N) is 5. The van der Waals surface area contributed by atoms with Crippen molar-refractivity contribution in [3.63, 3.8) is 0 Å². The molecule has 4 saturated heterocycles. The molecule has 4 amide bonds. The first-order valence-corrected chi connectivity index (χ1v) is 20.1. The van der Waals surface area contributed by atoms with Crippen LogP contribution in [0.4, 0.5) is 17.1 Å². The standard InChI is InChI=1S/C20H25N3O3.C15H17IN2O2.C5H9NO/c24-19-5-1-2-10-22(19)16-6-8-17(9-7-16)23-11-3-4-18(20(23)25)21-12-14-26-15-13-21;16-12-3-5-13(6-4-12)18-7-1-2-14(15(18)19)17-8-10-20-11-9-17;7-5-3-1-2-4-6-5/h4,6-9H,1-3,5,10-15H2;2-6H,1,7-11H2;1-4H2,(H,6,7). The molecule has 4 fully saturated rings. The fourth-order valence-corrected chi connectivity index (χ4v) is 7.54. The summed E-state index contributed by atoms with van der Waals surface area (Å²) < 4.78 is 11.9. The first-order chi connectivity index (χ1) is 25.9. The summed E-state index contributed by atoms with van der Waals surface area (Å²) in [5, 5.41) is 2.74. The lowest BCUT2D eigenvalue weighted by Crippen LogP contribution is -2.45. The molecule has 0 spiro atoms. The minimum absolute atomic E-state index is 0.0555. The lowest BCUT2D eigenvalue weighted by atomic mass is 10.1. The molecule has 0 aromatic heterocycles. The fraction of sp³-hybridized carbons (Fsp3) is 0.500. The molecular weight excluding hydrogens is 787 g/mol. The van der Waals surface area contributed by atoms with Crippen LogP contribution in [0, 0.1) is 3.57 Å². The summed E-state index contributed by atoms with van der Waals surface area (Å²) in [4.78, 5) is 57.9. The van der Waals surface area contributed by atoms with Crippen molar-refractivity contribution in [1.82, 2.24) is 15.1 Å². The Morgan fingerprint density at radius 1 is 0.528 bits per heavy atom.